The van der Waals surface area contributed by atoms with E-state index >= 15 is 0 Å². The molecule has 0 aliphatic carbocycles. The molecule has 2 rings (SSSR count). The van der Waals surface area contributed by atoms with Gasteiger partial charge < -0.3 is 5.32 Å². The van der Waals surface area contributed by atoms with Crippen LogP contribution in [0.5, 0.6) is 0 Å². The van der Waals surface area contributed by atoms with E-state index in [9.17, 15) is 0 Å². The summed E-state index contributed by atoms with van der Waals surface area (Å²) in [5.41, 5.74) is 1.04. The zero-order valence-corrected chi connectivity index (χ0v) is 12.4. The highest BCUT2D eigenvalue weighted by atomic mass is 79.9. The molecule has 2 aromatic rings. The first-order valence-corrected chi connectivity index (χ1v) is 6.88. The largest absolute Gasteiger partial charge is 0.356 e. The first kappa shape index (κ1) is 12.5. The van der Waals surface area contributed by atoms with Crippen LogP contribution >= 0.6 is 27.5 Å². The lowest BCUT2D eigenvalue weighted by Gasteiger charge is -2.18. The number of nitrogens with one attached hydrogen (secondary N) is 1. The lowest BCUT2D eigenvalue weighted by Crippen LogP contribution is -2.25. The van der Waals surface area contributed by atoms with Crippen molar-refractivity contribution in [2.45, 2.75) is 26.3 Å². The molecule has 0 saturated carbocycles. The average Bonchev–Trinajstić information content (AvgIpc) is 2.64. The predicted molar refractivity (Wildman–Crippen MR) is 76.4 cm³/mol. The van der Waals surface area contributed by atoms with Crippen molar-refractivity contribution in [3.8, 4) is 11.4 Å². The molecule has 1 N–H and O–H groups in total. The summed E-state index contributed by atoms with van der Waals surface area (Å²) in [6.07, 6.45) is 0. The van der Waals surface area contributed by atoms with Gasteiger partial charge in [0.2, 0.25) is 5.13 Å². The van der Waals surface area contributed by atoms with Gasteiger partial charge in [-0.15, -0.1) is 0 Å². The molecule has 1 aromatic heterocycles. The van der Waals surface area contributed by atoms with E-state index in [1.165, 1.54) is 11.5 Å². The third-order valence-electron chi connectivity index (χ3n) is 2.01. The van der Waals surface area contributed by atoms with Crippen LogP contribution in [0.1, 0.15) is 20.8 Å². The second-order valence-corrected chi connectivity index (χ2v) is 6.47. The van der Waals surface area contributed by atoms with Crippen molar-refractivity contribution in [3.05, 3.63) is 28.7 Å². The van der Waals surface area contributed by atoms with Crippen LogP contribution in [0.2, 0.25) is 0 Å². The monoisotopic (exact) mass is 311 g/mol. The van der Waals surface area contributed by atoms with E-state index in [-0.39, 0.29) is 5.54 Å². The van der Waals surface area contributed by atoms with Gasteiger partial charge in [-0.2, -0.15) is 9.36 Å². The standard InChI is InChI=1S/C12H14BrN3S/c1-12(2,3)15-11-14-10(16-17-11)8-4-6-9(13)7-5-8/h4-7H,1-3H3,(H,14,15,16). The van der Waals surface area contributed by atoms with Gasteiger partial charge in [-0.25, -0.2) is 0 Å². The molecular weight excluding hydrogens is 298 g/mol. The van der Waals surface area contributed by atoms with Crippen molar-refractivity contribution < 1.29 is 0 Å². The molecule has 0 atom stereocenters. The second kappa shape index (κ2) is 4.74. The Morgan fingerprint density at radius 1 is 1.18 bits per heavy atom. The molecule has 0 aliphatic heterocycles. The summed E-state index contributed by atoms with van der Waals surface area (Å²) in [5.74, 6) is 0.772. The minimum absolute atomic E-state index is 0.0104. The molecular formula is C12H14BrN3S. The Morgan fingerprint density at radius 3 is 2.41 bits per heavy atom. The maximum atomic E-state index is 4.48. The van der Waals surface area contributed by atoms with Gasteiger partial charge in [-0.3, -0.25) is 0 Å². The molecule has 5 heteroatoms. The molecule has 1 aromatic carbocycles. The lowest BCUT2D eigenvalue weighted by molar-refractivity contribution is 0.633. The van der Waals surface area contributed by atoms with Crippen molar-refractivity contribution >= 4 is 32.6 Å². The second-order valence-electron chi connectivity index (χ2n) is 4.81. The van der Waals surface area contributed by atoms with Crippen LogP contribution in [0.4, 0.5) is 5.13 Å². The van der Waals surface area contributed by atoms with Crippen LogP contribution in [0.3, 0.4) is 0 Å². The number of hydrogen-bond donors (Lipinski definition) is 1. The van der Waals surface area contributed by atoms with Crippen LogP contribution in [0.25, 0.3) is 11.4 Å². The minimum Gasteiger partial charge on any atom is -0.356 e. The summed E-state index contributed by atoms with van der Waals surface area (Å²) in [7, 11) is 0. The van der Waals surface area contributed by atoms with Gasteiger partial charge >= 0.3 is 0 Å². The van der Waals surface area contributed by atoms with Gasteiger partial charge in [0.15, 0.2) is 5.82 Å². The minimum atomic E-state index is 0.0104. The Balaban J connectivity index is 2.21. The molecule has 0 spiro atoms. The fourth-order valence-electron chi connectivity index (χ4n) is 1.31. The quantitative estimate of drug-likeness (QED) is 0.904. The fourth-order valence-corrected chi connectivity index (χ4v) is 2.37. The van der Waals surface area contributed by atoms with E-state index in [4.69, 9.17) is 0 Å². The molecule has 17 heavy (non-hydrogen) atoms. The molecule has 0 bridgehead atoms. The summed E-state index contributed by atoms with van der Waals surface area (Å²) in [6.45, 7) is 6.31. The SMILES string of the molecule is CC(C)(C)Nc1nc(-c2ccc(Br)cc2)ns1. The molecule has 0 unspecified atom stereocenters. The highest BCUT2D eigenvalue weighted by molar-refractivity contribution is 9.10. The normalized spacial score (nSPS) is 11.5. The van der Waals surface area contributed by atoms with E-state index in [0.29, 0.717) is 0 Å². The highest BCUT2D eigenvalue weighted by Gasteiger charge is 2.13. The van der Waals surface area contributed by atoms with Crippen molar-refractivity contribution in [2.24, 2.45) is 0 Å². The van der Waals surface area contributed by atoms with E-state index in [1.807, 2.05) is 24.3 Å². The summed E-state index contributed by atoms with van der Waals surface area (Å²) in [6, 6.07) is 8.00. The van der Waals surface area contributed by atoms with Gasteiger partial charge in [-0.1, -0.05) is 28.1 Å². The fraction of sp³-hybridized carbons (Fsp3) is 0.333. The number of hydrogen-bond acceptors (Lipinski definition) is 4. The Morgan fingerprint density at radius 2 is 1.82 bits per heavy atom. The molecule has 3 nitrogen and oxygen atoms in total. The predicted octanol–water partition coefficient (Wildman–Crippen LogP) is 4.18. The number of nitrogens with zero attached hydrogens (tertiary/aromatic N) is 2. The third-order valence-corrected chi connectivity index (χ3v) is 3.17. The van der Waals surface area contributed by atoms with E-state index in [2.05, 4.69) is 51.4 Å². The van der Waals surface area contributed by atoms with Gasteiger partial charge in [-0.05, 0) is 32.9 Å². The van der Waals surface area contributed by atoms with Crippen molar-refractivity contribution in [1.29, 1.82) is 0 Å². The Hall–Kier alpha value is -0.940. The molecule has 0 aliphatic rings. The molecule has 0 radical (unpaired) electrons. The number of halogens is 1. The average molecular weight is 312 g/mol. The van der Waals surface area contributed by atoms with E-state index in [1.54, 1.807) is 0 Å². The molecule has 90 valence electrons. The topological polar surface area (TPSA) is 37.8 Å². The maximum Gasteiger partial charge on any atom is 0.203 e. The molecule has 0 fully saturated rings. The van der Waals surface area contributed by atoms with E-state index in [0.717, 1.165) is 21.0 Å². The Bertz CT molecular complexity index is 499. The van der Waals surface area contributed by atoms with Gasteiger partial charge in [0.05, 0.1) is 0 Å². The van der Waals surface area contributed by atoms with Crippen LogP contribution < -0.4 is 5.32 Å². The first-order chi connectivity index (χ1) is 7.94. The first-order valence-electron chi connectivity index (χ1n) is 5.32. The summed E-state index contributed by atoms with van der Waals surface area (Å²) in [5, 5.41) is 4.18. The highest BCUT2D eigenvalue weighted by Crippen LogP contribution is 2.24. The summed E-state index contributed by atoms with van der Waals surface area (Å²) in [4.78, 5) is 4.48. The third kappa shape index (κ3) is 3.51. The number of rotatable bonds is 2. The number of benzene rings is 1. The number of aromatic nitrogens is 2. The van der Waals surface area contributed by atoms with Crippen LogP contribution in [0, 0.1) is 0 Å². The van der Waals surface area contributed by atoms with Crippen molar-refractivity contribution in [3.63, 3.8) is 0 Å². The molecule has 0 amide bonds. The van der Waals surface area contributed by atoms with E-state index < -0.39 is 0 Å². The van der Waals surface area contributed by atoms with Gasteiger partial charge in [0.25, 0.3) is 0 Å². The zero-order valence-electron chi connectivity index (χ0n) is 9.99. The number of anilines is 1. The zero-order chi connectivity index (χ0) is 12.5. The summed E-state index contributed by atoms with van der Waals surface area (Å²) >= 11 is 4.80. The van der Waals surface area contributed by atoms with Gasteiger partial charge in [0, 0.05) is 27.1 Å². The summed E-state index contributed by atoms with van der Waals surface area (Å²) < 4.78 is 5.41. The smallest absolute Gasteiger partial charge is 0.203 e. The Kier molecular flexibility index (Phi) is 3.49. The van der Waals surface area contributed by atoms with Crippen LogP contribution in [-0.4, -0.2) is 14.9 Å². The van der Waals surface area contributed by atoms with Crippen molar-refractivity contribution in [2.75, 3.05) is 5.32 Å². The molecule has 1 heterocycles. The van der Waals surface area contributed by atoms with Crippen LogP contribution in [0.15, 0.2) is 28.7 Å². The molecule has 0 saturated heterocycles. The maximum absolute atomic E-state index is 4.48. The van der Waals surface area contributed by atoms with Crippen molar-refractivity contribution in [1.82, 2.24) is 9.36 Å². The lowest BCUT2D eigenvalue weighted by atomic mass is 10.1. The van der Waals surface area contributed by atoms with Gasteiger partial charge in [0.1, 0.15) is 0 Å². The van der Waals surface area contributed by atoms with Crippen LogP contribution in [-0.2, 0) is 0 Å². The Labute approximate surface area is 114 Å².